The molecule has 0 N–H and O–H groups in total. The summed E-state index contributed by atoms with van der Waals surface area (Å²) in [6.45, 7) is 11.4. The van der Waals surface area contributed by atoms with Crippen LogP contribution in [0.5, 0.6) is 0 Å². The Bertz CT molecular complexity index is 2060. The molecule has 0 spiro atoms. The Morgan fingerprint density at radius 3 is 1.66 bits per heavy atom. The molecule has 1 aliphatic heterocycles. The van der Waals surface area contributed by atoms with E-state index < -0.39 is 12.1 Å². The van der Waals surface area contributed by atoms with Crippen molar-refractivity contribution in [1.29, 1.82) is 5.26 Å². The van der Waals surface area contributed by atoms with E-state index in [4.69, 9.17) is 19.5 Å². The van der Waals surface area contributed by atoms with Crippen molar-refractivity contribution in [3.8, 4) is 6.07 Å². The van der Waals surface area contributed by atoms with E-state index in [2.05, 4.69) is 59.9 Å². The second kappa shape index (κ2) is 42.8. The van der Waals surface area contributed by atoms with Crippen molar-refractivity contribution < 1.29 is 38.2 Å². The molecule has 2 aromatic heterocycles. The number of allylic oxidation sites excluding steroid dienone is 4. The van der Waals surface area contributed by atoms with Gasteiger partial charge in [-0.1, -0.05) is 162 Å². The van der Waals surface area contributed by atoms with Crippen molar-refractivity contribution in [2.45, 2.75) is 265 Å². The number of ether oxygens (including phenoxy) is 3. The summed E-state index contributed by atoms with van der Waals surface area (Å²) in [5, 5.41) is 9.83. The molecule has 1 aliphatic rings. The topological polar surface area (TPSA) is 174 Å². The number of likely N-dealkylation sites (tertiary alicyclic amines) is 1. The lowest BCUT2D eigenvalue weighted by Crippen LogP contribution is -2.52. The van der Waals surface area contributed by atoms with Gasteiger partial charge in [0.2, 0.25) is 11.8 Å². The van der Waals surface area contributed by atoms with Gasteiger partial charge in [0.05, 0.1) is 17.5 Å². The van der Waals surface area contributed by atoms with Crippen molar-refractivity contribution in [2.24, 2.45) is 17.8 Å². The summed E-state index contributed by atoms with van der Waals surface area (Å²) in [6, 6.07) is 3.80. The van der Waals surface area contributed by atoms with Crippen LogP contribution >= 0.6 is 0 Å². The molecule has 0 aromatic carbocycles. The number of nitrogens with zero attached hydrogens (tertiary/aromatic N) is 6. The summed E-state index contributed by atoms with van der Waals surface area (Å²) in [5.74, 6) is -0.497. The predicted octanol–water partition coefficient (Wildman–Crippen LogP) is 15.6. The van der Waals surface area contributed by atoms with Crippen LogP contribution in [0.3, 0.4) is 0 Å². The van der Waals surface area contributed by atoms with Crippen molar-refractivity contribution in [3.63, 3.8) is 0 Å². The van der Waals surface area contributed by atoms with Crippen LogP contribution in [-0.2, 0) is 33.4 Å². The zero-order chi connectivity index (χ0) is 57.3. The smallest absolute Gasteiger partial charge is 0.306 e. The SMILES string of the molecule is CCCCCCCC/C=C\CCCCCCCC(=O)OCC(COC(=O)CCCCCCC/C=C\CCCCCCCC)OC(=O)CC(C)CCC(C)CC(=O)n1ccc2c(N(C)[C@H]3CN(C(=O)CC#N)CC[C@H]3C)ncnc21. The summed E-state index contributed by atoms with van der Waals surface area (Å²) in [4.78, 5) is 78.3. The number of amides is 1. The summed E-state index contributed by atoms with van der Waals surface area (Å²) >= 11 is 0. The predicted molar refractivity (Wildman–Crippen MR) is 318 cm³/mol. The fourth-order valence-electron chi connectivity index (χ4n) is 10.5. The van der Waals surface area contributed by atoms with Crippen LogP contribution in [-0.4, -0.2) is 94.7 Å². The minimum absolute atomic E-state index is 0.0161. The monoisotopic (exact) mass is 1100 g/mol. The van der Waals surface area contributed by atoms with Crippen LogP contribution in [0.1, 0.15) is 258 Å². The highest BCUT2D eigenvalue weighted by molar-refractivity contribution is 5.95. The number of rotatable bonds is 45. The maximum atomic E-state index is 13.7. The van der Waals surface area contributed by atoms with E-state index in [1.807, 2.05) is 33.0 Å². The summed E-state index contributed by atoms with van der Waals surface area (Å²) in [5.41, 5.74) is 0.517. The van der Waals surface area contributed by atoms with Crippen molar-refractivity contribution >= 4 is 46.6 Å². The third kappa shape index (κ3) is 29.8. The number of hydrogen-bond donors (Lipinski definition) is 0. The number of carbonyl (C=O) groups excluding carboxylic acids is 5. The molecule has 1 fully saturated rings. The molecule has 0 saturated carbocycles. The first-order chi connectivity index (χ1) is 38.4. The average molecular weight is 1100 g/mol. The maximum absolute atomic E-state index is 13.7. The molecule has 4 atom stereocenters. The molecular formula is C65H106N6O8. The van der Waals surface area contributed by atoms with E-state index in [0.29, 0.717) is 37.4 Å². The van der Waals surface area contributed by atoms with Crippen molar-refractivity contribution in [3.05, 3.63) is 42.9 Å². The molecule has 2 aromatic rings. The first kappa shape index (κ1) is 68.2. The molecule has 14 heteroatoms. The lowest BCUT2D eigenvalue weighted by Gasteiger charge is -2.42. The van der Waals surface area contributed by atoms with Gasteiger partial charge in [0.25, 0.3) is 0 Å². The van der Waals surface area contributed by atoms with Gasteiger partial charge in [0.15, 0.2) is 11.8 Å². The minimum atomic E-state index is -0.910. The number of unbranched alkanes of at least 4 members (excludes halogenated alkanes) is 22. The van der Waals surface area contributed by atoms with Crippen LogP contribution in [0.4, 0.5) is 5.82 Å². The highest BCUT2D eigenvalue weighted by atomic mass is 16.6. The van der Waals surface area contributed by atoms with Crippen LogP contribution < -0.4 is 4.90 Å². The van der Waals surface area contributed by atoms with Gasteiger partial charge < -0.3 is 24.0 Å². The van der Waals surface area contributed by atoms with Crippen LogP contribution in [0.15, 0.2) is 42.9 Å². The molecular weight excluding hydrogens is 993 g/mol. The van der Waals surface area contributed by atoms with E-state index in [1.165, 1.54) is 96.2 Å². The number of carbonyl (C=O) groups is 5. The zero-order valence-corrected chi connectivity index (χ0v) is 50.2. The molecule has 2 unspecified atom stereocenters. The van der Waals surface area contributed by atoms with E-state index in [0.717, 1.165) is 88.9 Å². The van der Waals surface area contributed by atoms with Crippen molar-refractivity contribution in [1.82, 2.24) is 19.4 Å². The summed E-state index contributed by atoms with van der Waals surface area (Å²) in [6.07, 6.45) is 45.1. The van der Waals surface area contributed by atoms with Gasteiger partial charge in [0, 0.05) is 52.0 Å². The molecule has 0 bridgehead atoms. The Kier molecular flexibility index (Phi) is 36.9. The van der Waals surface area contributed by atoms with Crippen LogP contribution in [0.25, 0.3) is 11.0 Å². The second-order valence-corrected chi connectivity index (χ2v) is 23.0. The number of nitriles is 1. The van der Waals surface area contributed by atoms with Gasteiger partial charge in [-0.25, -0.2) is 9.97 Å². The first-order valence-electron chi connectivity index (χ1n) is 31.4. The molecule has 1 amide bonds. The number of likely N-dealkylation sites (N-methyl/N-ethyl adjacent to an activating group) is 1. The molecule has 0 aliphatic carbocycles. The third-order valence-electron chi connectivity index (χ3n) is 15.7. The van der Waals surface area contributed by atoms with Crippen LogP contribution in [0.2, 0.25) is 0 Å². The molecule has 14 nitrogen and oxygen atoms in total. The normalized spacial score (nSPS) is 15.4. The van der Waals surface area contributed by atoms with E-state index in [1.54, 1.807) is 15.7 Å². The first-order valence-corrected chi connectivity index (χ1v) is 31.4. The zero-order valence-electron chi connectivity index (χ0n) is 50.2. The van der Waals surface area contributed by atoms with Gasteiger partial charge in [-0.15, -0.1) is 0 Å². The standard InChI is InChI=1S/C65H106N6O8/c1-7-9-11-13-15-17-19-21-23-25-27-29-31-33-35-37-61(74)77-50-56(51-78-62(75)38-36-34-32-30-28-26-24-22-20-18-16-14-12-10-8-2)79-63(76)48-54(4)40-39-53(3)47-60(73)71-46-43-57-64(67-52-68-65(57)71)69(6)58-49-70(45-42-55(58)5)59(72)41-44-66/h21-24,43,46,52-56,58H,7-20,25-42,45,47-51H2,1-6H3/b23-21-,24-22-/t53?,54?,55-,58+/m1/s1. The average Bonchev–Trinajstić information content (AvgIpc) is 4.09. The van der Waals surface area contributed by atoms with Gasteiger partial charge in [0.1, 0.15) is 31.8 Å². The van der Waals surface area contributed by atoms with Gasteiger partial charge in [-0.05, 0) is 107 Å². The highest BCUT2D eigenvalue weighted by Crippen LogP contribution is 2.31. The number of fused-ring (bicyclic) bond motifs is 1. The quantitative estimate of drug-likeness (QED) is 0.0266. The Morgan fingerprint density at radius 1 is 0.671 bits per heavy atom. The van der Waals surface area contributed by atoms with Gasteiger partial charge in [-0.2, -0.15) is 5.26 Å². The molecule has 0 radical (unpaired) electrons. The van der Waals surface area contributed by atoms with E-state index in [-0.39, 0.29) is 92.9 Å². The molecule has 1 saturated heterocycles. The highest BCUT2D eigenvalue weighted by Gasteiger charge is 2.33. The lowest BCUT2D eigenvalue weighted by atomic mass is 9.92. The number of anilines is 1. The number of aromatic nitrogens is 3. The van der Waals surface area contributed by atoms with Gasteiger partial charge in [-0.3, -0.25) is 28.5 Å². The molecule has 3 heterocycles. The summed E-state index contributed by atoms with van der Waals surface area (Å²) < 4.78 is 18.6. The van der Waals surface area contributed by atoms with E-state index >= 15 is 0 Å². The lowest BCUT2D eigenvalue weighted by molar-refractivity contribution is -0.167. The Balaban J connectivity index is 1.43. The number of piperidine rings is 1. The molecule has 79 heavy (non-hydrogen) atoms. The largest absolute Gasteiger partial charge is 0.462 e. The Hall–Kier alpha value is -5.06. The fourth-order valence-corrected chi connectivity index (χ4v) is 10.5. The van der Waals surface area contributed by atoms with E-state index in [9.17, 15) is 24.0 Å². The third-order valence-corrected chi connectivity index (χ3v) is 15.7. The number of hydrogen-bond acceptors (Lipinski definition) is 12. The number of esters is 3. The Morgan fingerprint density at radius 2 is 1.15 bits per heavy atom. The van der Waals surface area contributed by atoms with Crippen molar-refractivity contribution in [2.75, 3.05) is 38.3 Å². The fraction of sp³-hybridized carbons (Fsp3) is 0.754. The molecule has 3 rings (SSSR count). The Labute approximate surface area is 477 Å². The molecule has 444 valence electrons. The maximum Gasteiger partial charge on any atom is 0.306 e. The minimum Gasteiger partial charge on any atom is -0.462 e. The second-order valence-electron chi connectivity index (χ2n) is 23.0. The van der Waals surface area contributed by atoms with Crippen LogP contribution in [0, 0.1) is 29.1 Å². The summed E-state index contributed by atoms with van der Waals surface area (Å²) in [7, 11) is 1.95. The van der Waals surface area contributed by atoms with Gasteiger partial charge >= 0.3 is 17.9 Å².